The monoisotopic (exact) mass is 358 g/mol. The Morgan fingerprint density at radius 3 is 2.42 bits per heavy atom. The maximum absolute atomic E-state index is 12.4. The van der Waals surface area contributed by atoms with Gasteiger partial charge in [-0.1, -0.05) is 42.0 Å². The molecule has 1 heterocycles. The first-order valence-electron chi connectivity index (χ1n) is 7.47. The summed E-state index contributed by atoms with van der Waals surface area (Å²) in [5.74, 6) is 0. The number of hydrogen-bond donors (Lipinski definition) is 0. The van der Waals surface area contributed by atoms with Gasteiger partial charge in [-0.3, -0.25) is 0 Å². The molecule has 24 heavy (non-hydrogen) atoms. The lowest BCUT2D eigenvalue weighted by molar-refractivity contribution is 0.596. The molecule has 0 unspecified atom stereocenters. The lowest BCUT2D eigenvalue weighted by Crippen LogP contribution is -2.14. The van der Waals surface area contributed by atoms with Crippen LogP contribution in [0.1, 0.15) is 11.1 Å². The summed E-state index contributed by atoms with van der Waals surface area (Å²) in [6.07, 6.45) is 0. The largest absolute Gasteiger partial charge is 0.319 e. The SMILES string of the molecule is Cc1ccc(-c2cs/c(=N\S(=O)(=O)c3ccccc3)n2C)c(C)c1. The lowest BCUT2D eigenvalue weighted by atomic mass is 10.0. The van der Waals surface area contributed by atoms with Crippen LogP contribution in [0.25, 0.3) is 11.3 Å². The van der Waals surface area contributed by atoms with Crippen LogP contribution in [0, 0.1) is 13.8 Å². The highest BCUT2D eigenvalue weighted by Gasteiger charge is 2.14. The molecule has 0 atom stereocenters. The minimum Gasteiger partial charge on any atom is -0.319 e. The molecular weight excluding hydrogens is 340 g/mol. The minimum atomic E-state index is -3.71. The fourth-order valence-electron chi connectivity index (χ4n) is 2.55. The summed E-state index contributed by atoms with van der Waals surface area (Å²) in [5.41, 5.74) is 4.39. The van der Waals surface area contributed by atoms with Crippen molar-refractivity contribution < 1.29 is 8.42 Å². The third kappa shape index (κ3) is 3.20. The first-order chi connectivity index (χ1) is 11.4. The number of benzene rings is 2. The first kappa shape index (κ1) is 16.7. The standard InChI is InChI=1S/C18H18N2O2S2/c1-13-9-10-16(14(2)11-13)17-12-23-18(20(17)3)19-24(21,22)15-7-5-4-6-8-15/h4-12H,1-3H3/b19-18-. The van der Waals surface area contributed by atoms with E-state index in [1.165, 1.54) is 16.9 Å². The molecule has 4 nitrogen and oxygen atoms in total. The molecule has 3 rings (SSSR count). The van der Waals surface area contributed by atoms with Gasteiger partial charge in [0, 0.05) is 18.0 Å². The van der Waals surface area contributed by atoms with E-state index in [4.69, 9.17) is 0 Å². The third-order valence-electron chi connectivity index (χ3n) is 3.82. The van der Waals surface area contributed by atoms with Crippen LogP contribution in [-0.2, 0) is 17.1 Å². The third-order valence-corrected chi connectivity index (χ3v) is 6.14. The molecular formula is C18H18N2O2S2. The van der Waals surface area contributed by atoms with Crippen LogP contribution in [0.4, 0.5) is 0 Å². The Bertz CT molecular complexity index is 1050. The molecule has 3 aromatic rings. The highest BCUT2D eigenvalue weighted by molar-refractivity contribution is 7.90. The van der Waals surface area contributed by atoms with Crippen LogP contribution < -0.4 is 4.80 Å². The number of hydrogen-bond acceptors (Lipinski definition) is 3. The van der Waals surface area contributed by atoms with Gasteiger partial charge in [0.05, 0.1) is 10.6 Å². The number of aromatic nitrogens is 1. The lowest BCUT2D eigenvalue weighted by Gasteiger charge is -2.07. The Morgan fingerprint density at radius 1 is 1.04 bits per heavy atom. The van der Waals surface area contributed by atoms with E-state index < -0.39 is 10.0 Å². The molecule has 0 saturated heterocycles. The Labute approximate surface area is 145 Å². The molecule has 0 saturated carbocycles. The number of rotatable bonds is 3. The fraction of sp³-hybridized carbons (Fsp3) is 0.167. The number of sulfonamides is 1. The Balaban J connectivity index is 2.11. The zero-order chi connectivity index (χ0) is 17.3. The van der Waals surface area contributed by atoms with E-state index in [-0.39, 0.29) is 4.90 Å². The maximum Gasteiger partial charge on any atom is 0.285 e. The van der Waals surface area contributed by atoms with Crippen LogP contribution in [0.3, 0.4) is 0 Å². The van der Waals surface area contributed by atoms with Crippen molar-refractivity contribution in [3.8, 4) is 11.3 Å². The van der Waals surface area contributed by atoms with Crippen molar-refractivity contribution in [3.63, 3.8) is 0 Å². The van der Waals surface area contributed by atoms with Crippen LogP contribution >= 0.6 is 11.3 Å². The molecule has 0 spiro atoms. The van der Waals surface area contributed by atoms with Gasteiger partial charge in [0.25, 0.3) is 10.0 Å². The summed E-state index contributed by atoms with van der Waals surface area (Å²) in [6, 6.07) is 14.5. The average molecular weight is 358 g/mol. The zero-order valence-electron chi connectivity index (χ0n) is 13.7. The van der Waals surface area contributed by atoms with Crippen LogP contribution in [0.2, 0.25) is 0 Å². The molecule has 2 aromatic carbocycles. The predicted octanol–water partition coefficient (Wildman–Crippen LogP) is 3.66. The molecule has 1 aromatic heterocycles. The van der Waals surface area contributed by atoms with Crippen molar-refractivity contribution in [2.45, 2.75) is 18.7 Å². The van der Waals surface area contributed by atoms with Crippen molar-refractivity contribution >= 4 is 21.4 Å². The smallest absolute Gasteiger partial charge is 0.285 e. The second kappa shape index (κ2) is 6.37. The minimum absolute atomic E-state index is 0.200. The first-order valence-corrected chi connectivity index (χ1v) is 9.79. The Hall–Kier alpha value is -2.18. The van der Waals surface area contributed by atoms with E-state index in [9.17, 15) is 8.42 Å². The van der Waals surface area contributed by atoms with Crippen molar-refractivity contribution in [1.29, 1.82) is 0 Å². The summed E-state index contributed by atoms with van der Waals surface area (Å²) < 4.78 is 30.7. The van der Waals surface area contributed by atoms with E-state index in [2.05, 4.69) is 36.4 Å². The van der Waals surface area contributed by atoms with Gasteiger partial charge >= 0.3 is 0 Å². The van der Waals surface area contributed by atoms with Gasteiger partial charge in [0.1, 0.15) is 0 Å². The Kier molecular flexibility index (Phi) is 4.43. The van der Waals surface area contributed by atoms with Gasteiger partial charge in [-0.05, 0) is 31.5 Å². The fourth-order valence-corrected chi connectivity index (χ4v) is 4.71. The van der Waals surface area contributed by atoms with E-state index in [0.717, 1.165) is 16.8 Å². The van der Waals surface area contributed by atoms with Crippen LogP contribution in [0.15, 0.2) is 63.2 Å². The maximum atomic E-state index is 12.4. The molecule has 0 fully saturated rings. The average Bonchev–Trinajstić information content (AvgIpc) is 2.89. The van der Waals surface area contributed by atoms with Gasteiger partial charge in [0.2, 0.25) is 4.80 Å². The number of nitrogens with zero attached hydrogens (tertiary/aromatic N) is 2. The van der Waals surface area contributed by atoms with Gasteiger partial charge in [-0.15, -0.1) is 15.7 Å². The summed E-state index contributed by atoms with van der Waals surface area (Å²) >= 11 is 1.32. The second-order valence-electron chi connectivity index (χ2n) is 5.66. The van der Waals surface area contributed by atoms with Crippen molar-refractivity contribution in [2.24, 2.45) is 11.4 Å². The molecule has 0 aliphatic rings. The number of aryl methyl sites for hydroxylation is 2. The molecule has 0 aliphatic heterocycles. The van der Waals surface area contributed by atoms with Gasteiger partial charge < -0.3 is 4.57 Å². The molecule has 6 heteroatoms. The highest BCUT2D eigenvalue weighted by Crippen LogP contribution is 2.24. The van der Waals surface area contributed by atoms with E-state index in [0.29, 0.717) is 4.80 Å². The van der Waals surface area contributed by atoms with E-state index in [1.807, 2.05) is 17.0 Å². The van der Waals surface area contributed by atoms with Crippen molar-refractivity contribution in [2.75, 3.05) is 0 Å². The summed E-state index contributed by atoms with van der Waals surface area (Å²) in [4.78, 5) is 0.653. The predicted molar refractivity (Wildman–Crippen MR) is 97.4 cm³/mol. The van der Waals surface area contributed by atoms with E-state index in [1.54, 1.807) is 30.3 Å². The summed E-state index contributed by atoms with van der Waals surface area (Å²) in [7, 11) is -1.87. The van der Waals surface area contributed by atoms with Crippen LogP contribution in [0.5, 0.6) is 0 Å². The number of thiazole rings is 1. The summed E-state index contributed by atoms with van der Waals surface area (Å²) in [5, 5.41) is 1.94. The molecule has 0 aliphatic carbocycles. The summed E-state index contributed by atoms with van der Waals surface area (Å²) in [6.45, 7) is 4.11. The van der Waals surface area contributed by atoms with Gasteiger partial charge in [-0.2, -0.15) is 8.42 Å². The normalized spacial score (nSPS) is 12.5. The second-order valence-corrected chi connectivity index (χ2v) is 8.10. The molecule has 0 bridgehead atoms. The molecule has 0 amide bonds. The molecule has 124 valence electrons. The van der Waals surface area contributed by atoms with Crippen LogP contribution in [-0.4, -0.2) is 13.0 Å². The quantitative estimate of drug-likeness (QED) is 0.717. The topological polar surface area (TPSA) is 51.4 Å². The zero-order valence-corrected chi connectivity index (χ0v) is 15.4. The van der Waals surface area contributed by atoms with Crippen molar-refractivity contribution in [3.05, 3.63) is 69.8 Å². The van der Waals surface area contributed by atoms with Gasteiger partial charge in [0.15, 0.2) is 0 Å². The van der Waals surface area contributed by atoms with Crippen molar-refractivity contribution in [1.82, 2.24) is 4.57 Å². The molecule has 0 radical (unpaired) electrons. The molecule has 0 N–H and O–H groups in total. The van der Waals surface area contributed by atoms with Gasteiger partial charge in [-0.25, -0.2) is 0 Å². The van der Waals surface area contributed by atoms with E-state index >= 15 is 0 Å². The highest BCUT2D eigenvalue weighted by atomic mass is 32.2. The Morgan fingerprint density at radius 2 is 1.75 bits per heavy atom.